The maximum absolute atomic E-state index is 5.95. The highest BCUT2D eigenvalue weighted by Crippen LogP contribution is 2.17. The van der Waals surface area contributed by atoms with E-state index in [1.54, 1.807) is 7.11 Å². The Morgan fingerprint density at radius 1 is 1.33 bits per heavy atom. The second kappa shape index (κ2) is 9.81. The SMILES string of the molecule is COc1cccc(CN=C(N)NC2CCCCCC2)n1.I. The highest BCUT2D eigenvalue weighted by Gasteiger charge is 2.12. The molecule has 0 aromatic carbocycles. The van der Waals surface area contributed by atoms with Gasteiger partial charge in [-0.2, -0.15) is 0 Å². The first-order valence-electron chi connectivity index (χ1n) is 7.34. The zero-order valence-electron chi connectivity index (χ0n) is 12.5. The van der Waals surface area contributed by atoms with Crippen molar-refractivity contribution in [2.75, 3.05) is 7.11 Å². The summed E-state index contributed by atoms with van der Waals surface area (Å²) in [6.45, 7) is 0.475. The van der Waals surface area contributed by atoms with Crippen molar-refractivity contribution >= 4 is 29.9 Å². The maximum Gasteiger partial charge on any atom is 0.213 e. The van der Waals surface area contributed by atoms with Gasteiger partial charge in [-0.05, 0) is 18.9 Å². The van der Waals surface area contributed by atoms with Crippen molar-refractivity contribution in [3.8, 4) is 5.88 Å². The van der Waals surface area contributed by atoms with Gasteiger partial charge in [-0.3, -0.25) is 0 Å². The predicted octanol–water partition coefficient (Wildman–Crippen LogP) is 2.84. The zero-order chi connectivity index (χ0) is 14.2. The van der Waals surface area contributed by atoms with Gasteiger partial charge in [0, 0.05) is 12.1 Å². The molecule has 1 aromatic rings. The van der Waals surface area contributed by atoms with Gasteiger partial charge in [0.2, 0.25) is 5.88 Å². The van der Waals surface area contributed by atoms with E-state index in [0.717, 1.165) is 5.69 Å². The van der Waals surface area contributed by atoms with E-state index in [9.17, 15) is 0 Å². The minimum atomic E-state index is 0. The Morgan fingerprint density at radius 3 is 2.71 bits per heavy atom. The Labute approximate surface area is 143 Å². The lowest BCUT2D eigenvalue weighted by atomic mass is 10.1. The van der Waals surface area contributed by atoms with Gasteiger partial charge in [0.15, 0.2) is 5.96 Å². The zero-order valence-corrected chi connectivity index (χ0v) is 14.9. The molecule has 0 atom stereocenters. The number of rotatable bonds is 4. The smallest absolute Gasteiger partial charge is 0.213 e. The van der Waals surface area contributed by atoms with Crippen molar-refractivity contribution in [1.82, 2.24) is 10.3 Å². The van der Waals surface area contributed by atoms with Crippen LogP contribution in [0.2, 0.25) is 0 Å². The number of ether oxygens (including phenoxy) is 1. The van der Waals surface area contributed by atoms with Crippen LogP contribution in [0, 0.1) is 0 Å². The van der Waals surface area contributed by atoms with E-state index in [2.05, 4.69) is 15.3 Å². The molecular weight excluding hydrogens is 379 g/mol. The molecule has 1 saturated carbocycles. The van der Waals surface area contributed by atoms with Crippen LogP contribution in [0.3, 0.4) is 0 Å². The van der Waals surface area contributed by atoms with Gasteiger partial charge in [0.1, 0.15) is 0 Å². The summed E-state index contributed by atoms with van der Waals surface area (Å²) in [5.74, 6) is 1.12. The molecule has 0 saturated heterocycles. The van der Waals surface area contributed by atoms with Crippen molar-refractivity contribution in [1.29, 1.82) is 0 Å². The topological polar surface area (TPSA) is 72.5 Å². The molecule has 0 unspecified atom stereocenters. The molecule has 2 rings (SSSR count). The van der Waals surface area contributed by atoms with E-state index >= 15 is 0 Å². The van der Waals surface area contributed by atoms with Crippen LogP contribution in [-0.4, -0.2) is 24.1 Å². The molecule has 1 heterocycles. The fraction of sp³-hybridized carbons (Fsp3) is 0.600. The standard InChI is InChI=1S/C15H24N4O.HI/c1-20-14-10-6-9-13(18-14)11-17-15(16)19-12-7-4-2-3-5-8-12;/h6,9-10,12H,2-5,7-8,11H2,1H3,(H3,16,17,19);1H. The molecule has 1 fully saturated rings. The van der Waals surface area contributed by atoms with Gasteiger partial charge in [-0.15, -0.1) is 24.0 Å². The number of nitrogens with zero attached hydrogens (tertiary/aromatic N) is 2. The van der Waals surface area contributed by atoms with Crippen molar-refractivity contribution in [2.45, 2.75) is 51.1 Å². The van der Waals surface area contributed by atoms with Crippen LogP contribution in [0.25, 0.3) is 0 Å². The van der Waals surface area contributed by atoms with Gasteiger partial charge in [-0.1, -0.05) is 31.7 Å². The van der Waals surface area contributed by atoms with E-state index < -0.39 is 0 Å². The minimum absolute atomic E-state index is 0. The Hall–Kier alpha value is -1.05. The molecular formula is C15H25IN4O. The average molecular weight is 404 g/mol. The Kier molecular flexibility index (Phi) is 8.41. The molecule has 118 valence electrons. The molecule has 1 aromatic heterocycles. The largest absolute Gasteiger partial charge is 0.481 e. The highest BCUT2D eigenvalue weighted by molar-refractivity contribution is 14.0. The number of nitrogens with one attached hydrogen (secondary N) is 1. The third kappa shape index (κ3) is 6.50. The normalized spacial score (nSPS) is 16.7. The molecule has 1 aliphatic rings. The Balaban J connectivity index is 0.00000220. The van der Waals surface area contributed by atoms with Crippen LogP contribution in [0.15, 0.2) is 23.2 Å². The summed E-state index contributed by atoms with van der Waals surface area (Å²) in [5.41, 5.74) is 6.81. The van der Waals surface area contributed by atoms with Crippen molar-refractivity contribution in [3.63, 3.8) is 0 Å². The van der Waals surface area contributed by atoms with E-state index in [4.69, 9.17) is 10.5 Å². The van der Waals surface area contributed by atoms with Gasteiger partial charge >= 0.3 is 0 Å². The second-order valence-corrected chi connectivity index (χ2v) is 5.21. The molecule has 5 nitrogen and oxygen atoms in total. The first kappa shape index (κ1) is 18.0. The monoisotopic (exact) mass is 404 g/mol. The number of aromatic nitrogens is 1. The fourth-order valence-electron chi connectivity index (χ4n) is 2.50. The fourth-order valence-corrected chi connectivity index (χ4v) is 2.50. The summed E-state index contributed by atoms with van der Waals surface area (Å²) in [4.78, 5) is 8.67. The lowest BCUT2D eigenvalue weighted by Gasteiger charge is -2.16. The van der Waals surface area contributed by atoms with Crippen LogP contribution >= 0.6 is 24.0 Å². The molecule has 3 N–H and O–H groups in total. The third-order valence-electron chi connectivity index (χ3n) is 3.61. The van der Waals surface area contributed by atoms with E-state index in [-0.39, 0.29) is 24.0 Å². The van der Waals surface area contributed by atoms with E-state index in [1.165, 1.54) is 38.5 Å². The summed E-state index contributed by atoms with van der Waals surface area (Å²) in [5, 5.41) is 3.33. The van der Waals surface area contributed by atoms with E-state index in [0.29, 0.717) is 24.4 Å². The van der Waals surface area contributed by atoms with Gasteiger partial charge in [-0.25, -0.2) is 9.98 Å². The average Bonchev–Trinajstić information content (AvgIpc) is 2.74. The van der Waals surface area contributed by atoms with Gasteiger partial charge in [0.05, 0.1) is 19.3 Å². The quantitative estimate of drug-likeness (QED) is 0.350. The van der Waals surface area contributed by atoms with E-state index in [1.807, 2.05) is 18.2 Å². The second-order valence-electron chi connectivity index (χ2n) is 5.21. The maximum atomic E-state index is 5.95. The third-order valence-corrected chi connectivity index (χ3v) is 3.61. The number of hydrogen-bond acceptors (Lipinski definition) is 3. The molecule has 0 amide bonds. The van der Waals surface area contributed by atoms with Crippen molar-refractivity contribution in [3.05, 3.63) is 23.9 Å². The first-order chi connectivity index (χ1) is 9.78. The molecule has 0 radical (unpaired) electrons. The Morgan fingerprint density at radius 2 is 2.05 bits per heavy atom. The number of pyridine rings is 1. The van der Waals surface area contributed by atoms with Crippen LogP contribution in [-0.2, 0) is 6.54 Å². The summed E-state index contributed by atoms with van der Waals surface area (Å²) >= 11 is 0. The number of halogens is 1. The first-order valence-corrected chi connectivity index (χ1v) is 7.34. The lowest BCUT2D eigenvalue weighted by molar-refractivity contribution is 0.396. The summed E-state index contributed by atoms with van der Waals surface area (Å²) in [6, 6.07) is 6.12. The number of guanidine groups is 1. The molecule has 21 heavy (non-hydrogen) atoms. The number of methoxy groups -OCH3 is 1. The Bertz CT molecular complexity index is 445. The number of nitrogens with two attached hydrogens (primary N) is 1. The van der Waals surface area contributed by atoms with Crippen molar-refractivity contribution in [2.24, 2.45) is 10.7 Å². The summed E-state index contributed by atoms with van der Waals surface area (Å²) < 4.78 is 5.09. The van der Waals surface area contributed by atoms with Crippen LogP contribution in [0.4, 0.5) is 0 Å². The number of hydrogen-bond donors (Lipinski definition) is 2. The molecule has 6 heteroatoms. The van der Waals surface area contributed by atoms with Crippen LogP contribution < -0.4 is 15.8 Å². The molecule has 0 aliphatic heterocycles. The van der Waals surface area contributed by atoms with Crippen LogP contribution in [0.5, 0.6) is 5.88 Å². The summed E-state index contributed by atoms with van der Waals surface area (Å²) in [6.07, 6.45) is 7.61. The predicted molar refractivity (Wildman–Crippen MR) is 96.2 cm³/mol. The molecule has 0 spiro atoms. The minimum Gasteiger partial charge on any atom is -0.481 e. The van der Waals surface area contributed by atoms with Gasteiger partial charge in [0.25, 0.3) is 0 Å². The van der Waals surface area contributed by atoms with Crippen molar-refractivity contribution < 1.29 is 4.74 Å². The lowest BCUT2D eigenvalue weighted by Crippen LogP contribution is -2.39. The number of aliphatic imine (C=N–C) groups is 1. The summed E-state index contributed by atoms with van der Waals surface area (Å²) in [7, 11) is 1.61. The highest BCUT2D eigenvalue weighted by atomic mass is 127. The van der Waals surface area contributed by atoms with Gasteiger partial charge < -0.3 is 15.8 Å². The van der Waals surface area contributed by atoms with Crippen LogP contribution in [0.1, 0.15) is 44.2 Å². The molecule has 1 aliphatic carbocycles. The molecule has 0 bridgehead atoms.